The molecule has 1 amide bonds. The molecule has 1 fully saturated rings. The molecule has 1 saturated heterocycles. The van der Waals surface area contributed by atoms with Gasteiger partial charge in [0.15, 0.2) is 5.89 Å². The summed E-state index contributed by atoms with van der Waals surface area (Å²) in [5.74, 6) is 2.42. The normalized spacial score (nSPS) is 15.9. The Bertz CT molecular complexity index is 1280. The third kappa shape index (κ3) is 4.59. The number of oxazole rings is 1. The quantitative estimate of drug-likeness (QED) is 0.386. The van der Waals surface area contributed by atoms with E-state index >= 15 is 0 Å². The van der Waals surface area contributed by atoms with Crippen LogP contribution in [0.2, 0.25) is 0 Å². The van der Waals surface area contributed by atoms with Crippen molar-refractivity contribution >= 4 is 17.2 Å². The smallest absolute Gasteiger partial charge is 0.256 e. The van der Waals surface area contributed by atoms with Gasteiger partial charge in [-0.1, -0.05) is 12.1 Å². The SMILES string of the molecule is COc1ccc(Cc2cnc([C@@H]3CCCN(C(=O)c4cccnc4-c4scnc4C)C3)o2)cc1. The zero-order valence-electron chi connectivity index (χ0n) is 19.2. The molecule has 0 saturated carbocycles. The Balaban J connectivity index is 1.30. The van der Waals surface area contributed by atoms with E-state index < -0.39 is 0 Å². The first-order valence-electron chi connectivity index (χ1n) is 11.3. The summed E-state index contributed by atoms with van der Waals surface area (Å²) in [6.45, 7) is 3.24. The summed E-state index contributed by atoms with van der Waals surface area (Å²) in [5.41, 5.74) is 5.12. The van der Waals surface area contributed by atoms with E-state index in [1.165, 1.54) is 11.3 Å². The lowest BCUT2D eigenvalue weighted by atomic mass is 9.97. The van der Waals surface area contributed by atoms with Gasteiger partial charge in [-0.15, -0.1) is 11.3 Å². The van der Waals surface area contributed by atoms with Gasteiger partial charge in [0.2, 0.25) is 0 Å². The number of rotatable bonds is 6. The number of likely N-dealkylation sites (tertiary alicyclic amines) is 1. The summed E-state index contributed by atoms with van der Waals surface area (Å²) in [7, 11) is 1.66. The number of aryl methyl sites for hydroxylation is 1. The molecule has 0 aliphatic carbocycles. The number of amides is 1. The standard InChI is InChI=1S/C26H26N4O3S/c1-17-24(34-16-29-17)23-22(6-3-11-27-23)26(31)30-12-4-5-19(15-30)25-28-14-21(33-25)13-18-7-9-20(32-2)10-8-18/h3,6-11,14,16,19H,4-5,12-13,15H2,1-2H3/t19-/m1/s1. The van der Waals surface area contributed by atoms with Crippen LogP contribution in [0.1, 0.15) is 52.0 Å². The van der Waals surface area contributed by atoms with E-state index in [0.29, 0.717) is 36.7 Å². The van der Waals surface area contributed by atoms with Crippen LogP contribution in [0.15, 0.2) is 58.7 Å². The van der Waals surface area contributed by atoms with Crippen LogP contribution in [-0.4, -0.2) is 46.0 Å². The van der Waals surface area contributed by atoms with Gasteiger partial charge in [0.05, 0.1) is 46.6 Å². The topological polar surface area (TPSA) is 81.4 Å². The van der Waals surface area contributed by atoms with E-state index in [4.69, 9.17) is 9.15 Å². The second-order valence-electron chi connectivity index (χ2n) is 8.45. The average molecular weight is 475 g/mol. The lowest BCUT2D eigenvalue weighted by molar-refractivity contribution is 0.0698. The van der Waals surface area contributed by atoms with Crippen LogP contribution in [0.3, 0.4) is 0 Å². The number of hydrogen-bond acceptors (Lipinski definition) is 7. The maximum atomic E-state index is 13.5. The van der Waals surface area contributed by atoms with Crippen molar-refractivity contribution < 1.29 is 13.9 Å². The number of benzene rings is 1. The number of carbonyl (C=O) groups excluding carboxylic acids is 1. The van der Waals surface area contributed by atoms with Gasteiger partial charge in [0.25, 0.3) is 5.91 Å². The van der Waals surface area contributed by atoms with Crippen molar-refractivity contribution in [3.8, 4) is 16.3 Å². The summed E-state index contributed by atoms with van der Waals surface area (Å²) in [4.78, 5) is 29.7. The van der Waals surface area contributed by atoms with Crippen LogP contribution in [0.5, 0.6) is 5.75 Å². The molecule has 0 spiro atoms. The lowest BCUT2D eigenvalue weighted by Gasteiger charge is -2.31. The molecule has 3 aromatic heterocycles. The summed E-state index contributed by atoms with van der Waals surface area (Å²) in [6.07, 6.45) is 6.04. The lowest BCUT2D eigenvalue weighted by Crippen LogP contribution is -2.39. The Kier molecular flexibility index (Phi) is 6.40. The van der Waals surface area contributed by atoms with E-state index in [-0.39, 0.29) is 11.8 Å². The largest absolute Gasteiger partial charge is 0.497 e. The van der Waals surface area contributed by atoms with Crippen LogP contribution in [0.4, 0.5) is 0 Å². The Hall–Kier alpha value is -3.52. The van der Waals surface area contributed by atoms with Crippen LogP contribution < -0.4 is 4.74 Å². The van der Waals surface area contributed by atoms with Crippen molar-refractivity contribution in [1.29, 1.82) is 0 Å². The molecule has 0 radical (unpaired) electrons. The van der Waals surface area contributed by atoms with Gasteiger partial charge in [-0.3, -0.25) is 9.78 Å². The average Bonchev–Trinajstić information content (AvgIpc) is 3.53. The number of hydrogen-bond donors (Lipinski definition) is 0. The minimum atomic E-state index is -0.00869. The molecule has 1 aliphatic heterocycles. The highest BCUT2D eigenvalue weighted by atomic mass is 32.1. The summed E-state index contributed by atoms with van der Waals surface area (Å²) in [6, 6.07) is 11.6. The zero-order valence-corrected chi connectivity index (χ0v) is 20.0. The van der Waals surface area contributed by atoms with Gasteiger partial charge in [0.1, 0.15) is 11.5 Å². The monoisotopic (exact) mass is 474 g/mol. The molecule has 0 bridgehead atoms. The summed E-state index contributed by atoms with van der Waals surface area (Å²) < 4.78 is 11.3. The number of methoxy groups -OCH3 is 1. The third-order valence-corrected chi connectivity index (χ3v) is 7.10. The van der Waals surface area contributed by atoms with Gasteiger partial charge in [-0.2, -0.15) is 0 Å². The number of piperidine rings is 1. The van der Waals surface area contributed by atoms with Crippen LogP contribution in [0.25, 0.3) is 10.6 Å². The molecule has 174 valence electrons. The maximum absolute atomic E-state index is 13.5. The molecule has 1 atom stereocenters. The Morgan fingerprint density at radius 2 is 2.06 bits per heavy atom. The third-order valence-electron chi connectivity index (χ3n) is 6.17. The highest BCUT2D eigenvalue weighted by Gasteiger charge is 2.30. The number of thiazole rings is 1. The highest BCUT2D eigenvalue weighted by Crippen LogP contribution is 2.32. The highest BCUT2D eigenvalue weighted by molar-refractivity contribution is 7.13. The molecule has 34 heavy (non-hydrogen) atoms. The van der Waals surface area contributed by atoms with Crippen LogP contribution >= 0.6 is 11.3 Å². The van der Waals surface area contributed by atoms with E-state index in [1.54, 1.807) is 25.0 Å². The number of pyridine rings is 1. The van der Waals surface area contributed by atoms with Crippen molar-refractivity contribution in [3.05, 3.63) is 82.8 Å². The summed E-state index contributed by atoms with van der Waals surface area (Å²) >= 11 is 1.51. The predicted molar refractivity (Wildman–Crippen MR) is 130 cm³/mol. The van der Waals surface area contributed by atoms with Gasteiger partial charge in [-0.05, 0) is 49.6 Å². The fourth-order valence-corrected chi connectivity index (χ4v) is 5.17. The molecule has 8 heteroatoms. The van der Waals surface area contributed by atoms with Crippen molar-refractivity contribution in [2.24, 2.45) is 0 Å². The molecule has 1 aromatic carbocycles. The van der Waals surface area contributed by atoms with E-state index in [2.05, 4.69) is 15.0 Å². The Labute approximate surface area is 202 Å². The number of nitrogens with zero attached hydrogens (tertiary/aromatic N) is 4. The first-order chi connectivity index (χ1) is 16.6. The van der Waals surface area contributed by atoms with Crippen molar-refractivity contribution in [3.63, 3.8) is 0 Å². The molecule has 5 rings (SSSR count). The summed E-state index contributed by atoms with van der Waals surface area (Å²) in [5, 5.41) is 0. The maximum Gasteiger partial charge on any atom is 0.256 e. The Morgan fingerprint density at radius 1 is 1.21 bits per heavy atom. The zero-order chi connectivity index (χ0) is 23.5. The fourth-order valence-electron chi connectivity index (χ4n) is 4.36. The molecule has 0 unspecified atom stereocenters. The molecule has 4 aromatic rings. The predicted octanol–water partition coefficient (Wildman–Crippen LogP) is 5.12. The van der Waals surface area contributed by atoms with Crippen LogP contribution in [-0.2, 0) is 6.42 Å². The molecule has 4 heterocycles. The second-order valence-corrected chi connectivity index (χ2v) is 9.30. The van der Waals surface area contributed by atoms with Crippen molar-refractivity contribution in [2.45, 2.75) is 32.1 Å². The van der Waals surface area contributed by atoms with E-state index in [9.17, 15) is 4.79 Å². The minimum Gasteiger partial charge on any atom is -0.497 e. The minimum absolute atomic E-state index is 0.00869. The number of carbonyl (C=O) groups is 1. The number of aromatic nitrogens is 3. The van der Waals surface area contributed by atoms with E-state index in [1.807, 2.05) is 48.2 Å². The fraction of sp³-hybridized carbons (Fsp3) is 0.308. The molecular formula is C26H26N4O3S. The molecule has 1 aliphatic rings. The first-order valence-corrected chi connectivity index (χ1v) is 12.2. The van der Waals surface area contributed by atoms with E-state index in [0.717, 1.165) is 40.5 Å². The van der Waals surface area contributed by atoms with Gasteiger partial charge < -0.3 is 14.1 Å². The second kappa shape index (κ2) is 9.77. The Morgan fingerprint density at radius 3 is 2.82 bits per heavy atom. The molecule has 0 N–H and O–H groups in total. The number of ether oxygens (including phenoxy) is 1. The van der Waals surface area contributed by atoms with Crippen LogP contribution in [0, 0.1) is 6.92 Å². The van der Waals surface area contributed by atoms with Gasteiger partial charge in [-0.25, -0.2) is 9.97 Å². The molecule has 7 nitrogen and oxygen atoms in total. The van der Waals surface area contributed by atoms with Crippen molar-refractivity contribution in [2.75, 3.05) is 20.2 Å². The first kappa shape index (κ1) is 22.3. The molecular weight excluding hydrogens is 448 g/mol. The van der Waals surface area contributed by atoms with Gasteiger partial charge in [0, 0.05) is 25.7 Å². The van der Waals surface area contributed by atoms with Gasteiger partial charge >= 0.3 is 0 Å². The van der Waals surface area contributed by atoms with Crippen molar-refractivity contribution in [1.82, 2.24) is 19.9 Å².